The number of halogens is 2. The largest absolute Gasteiger partial charge is 0.354 e. The Morgan fingerprint density at radius 3 is 2.04 bits per heavy atom. The summed E-state index contributed by atoms with van der Waals surface area (Å²) in [7, 11) is 3.06. The van der Waals surface area contributed by atoms with Crippen molar-refractivity contribution in [2.24, 2.45) is 5.73 Å². The van der Waals surface area contributed by atoms with Crippen LogP contribution in [0.15, 0.2) is 109 Å². The van der Waals surface area contributed by atoms with Gasteiger partial charge in [0.05, 0.1) is 0 Å². The number of aromatic nitrogens is 1. The molecule has 1 heterocycles. The second-order valence-corrected chi connectivity index (χ2v) is 13.7. The number of likely N-dealkylation sites (N-methyl/N-ethyl adjacent to an activating group) is 2. The normalized spacial score (nSPS) is 12.9. The van der Waals surface area contributed by atoms with Gasteiger partial charge in [-0.15, -0.1) is 0 Å². The summed E-state index contributed by atoms with van der Waals surface area (Å²) in [6, 6.07) is 22.7. The third-order valence-electron chi connectivity index (χ3n) is 8.69. The van der Waals surface area contributed by atoms with Crippen molar-refractivity contribution in [2.45, 2.75) is 64.1 Å². The Labute approximate surface area is 299 Å². The van der Waals surface area contributed by atoms with E-state index in [4.69, 9.17) is 5.73 Å². The Bertz CT molecular complexity index is 1810. The van der Waals surface area contributed by atoms with Crippen LogP contribution in [0.1, 0.15) is 43.9 Å². The maximum atomic E-state index is 14.5. The van der Waals surface area contributed by atoms with Crippen LogP contribution in [0.4, 0.5) is 8.78 Å². The highest BCUT2D eigenvalue weighted by Gasteiger charge is 2.35. The first-order valence-corrected chi connectivity index (χ1v) is 17.0. The van der Waals surface area contributed by atoms with Crippen LogP contribution in [0, 0.1) is 11.6 Å². The van der Waals surface area contributed by atoms with E-state index < -0.39 is 41.1 Å². The van der Waals surface area contributed by atoms with Crippen LogP contribution in [0.25, 0.3) is 11.1 Å². The molecule has 0 saturated carbocycles. The van der Waals surface area contributed by atoms with Crippen LogP contribution in [-0.2, 0) is 33.6 Å². The van der Waals surface area contributed by atoms with Gasteiger partial charge in [0.25, 0.3) is 0 Å². The Balaban J connectivity index is 1.64. The quantitative estimate of drug-likeness (QED) is 0.151. The van der Waals surface area contributed by atoms with E-state index in [0.717, 1.165) is 40.0 Å². The van der Waals surface area contributed by atoms with Gasteiger partial charge in [-0.05, 0) is 85.7 Å². The van der Waals surface area contributed by atoms with E-state index in [1.165, 1.54) is 29.0 Å². The number of nitrogens with two attached hydrogens (primary N) is 1. The van der Waals surface area contributed by atoms with E-state index in [0.29, 0.717) is 18.4 Å². The summed E-state index contributed by atoms with van der Waals surface area (Å²) in [6.07, 6.45) is 5.89. The number of amides is 3. The van der Waals surface area contributed by atoms with E-state index >= 15 is 0 Å². The smallest absolute Gasteiger partial charge is 0.246 e. The first-order chi connectivity index (χ1) is 24.2. The lowest BCUT2D eigenvalue weighted by Crippen LogP contribution is -2.56. The molecule has 0 aliphatic heterocycles. The third-order valence-corrected chi connectivity index (χ3v) is 8.69. The summed E-state index contributed by atoms with van der Waals surface area (Å²) in [5, 5.41) is 2.90. The number of benzene rings is 3. The minimum absolute atomic E-state index is 0.0821. The topological polar surface area (TPSA) is 109 Å². The van der Waals surface area contributed by atoms with Crippen molar-refractivity contribution in [3.8, 4) is 11.1 Å². The Kier molecular flexibility index (Phi) is 13.3. The lowest BCUT2D eigenvalue weighted by atomic mass is 9.96. The minimum atomic E-state index is -1.10. The minimum Gasteiger partial charge on any atom is -0.354 e. The molecule has 0 spiro atoms. The predicted molar refractivity (Wildman–Crippen MR) is 196 cm³/mol. The molecule has 0 aliphatic carbocycles. The zero-order valence-electron chi connectivity index (χ0n) is 29.9. The molecule has 4 rings (SSSR count). The average molecular weight is 696 g/mol. The van der Waals surface area contributed by atoms with Gasteiger partial charge in [-0.1, -0.05) is 66.2 Å². The zero-order chi connectivity index (χ0) is 37.1. The van der Waals surface area contributed by atoms with E-state index in [1.54, 1.807) is 19.4 Å². The monoisotopic (exact) mass is 695 g/mol. The standard InChI is InChI=1S/C41H47F2N5O3/c1-28(27-41(2,3)44)23-38(49)47(4)37(25-30-11-14-33(15-12-30)32-9-7-6-8-10-32)40(51)48(5)36(26-31-13-16-34(42)35(43)24-31)39(50)46-22-19-29-17-20-45-21-18-29/h6-18,20-21,23-24,36-37H,19,22,25-27,44H2,1-5H3,(H,46,50)/b28-23+/t36-,37-/m1/s1. The number of nitrogens with one attached hydrogen (secondary N) is 1. The summed E-state index contributed by atoms with van der Waals surface area (Å²) >= 11 is 0. The van der Waals surface area contributed by atoms with Crippen LogP contribution >= 0.6 is 0 Å². The summed E-state index contributed by atoms with van der Waals surface area (Å²) in [5.41, 5.74) is 10.6. The predicted octanol–water partition coefficient (Wildman–Crippen LogP) is 5.90. The first kappa shape index (κ1) is 38.6. The van der Waals surface area contributed by atoms with Gasteiger partial charge >= 0.3 is 0 Å². The van der Waals surface area contributed by atoms with Gasteiger partial charge in [-0.3, -0.25) is 19.4 Å². The molecule has 1 aromatic heterocycles. The number of carbonyl (C=O) groups excluding carboxylic acids is 3. The molecule has 10 heteroatoms. The average Bonchev–Trinajstić information content (AvgIpc) is 3.10. The van der Waals surface area contributed by atoms with Crippen LogP contribution in [0.3, 0.4) is 0 Å². The highest BCUT2D eigenvalue weighted by molar-refractivity contribution is 5.95. The third kappa shape index (κ3) is 11.4. The van der Waals surface area contributed by atoms with Crippen LogP contribution in [-0.4, -0.2) is 70.8 Å². The van der Waals surface area contributed by atoms with Crippen molar-refractivity contribution >= 4 is 17.7 Å². The first-order valence-electron chi connectivity index (χ1n) is 17.0. The van der Waals surface area contributed by atoms with Gasteiger partial charge in [0, 0.05) is 57.5 Å². The van der Waals surface area contributed by atoms with Crippen molar-refractivity contribution in [1.29, 1.82) is 0 Å². The molecule has 8 nitrogen and oxygen atoms in total. The summed E-state index contributed by atoms with van der Waals surface area (Å²) in [5.74, 6) is -3.40. The van der Waals surface area contributed by atoms with Crippen molar-refractivity contribution in [1.82, 2.24) is 20.1 Å². The lowest BCUT2D eigenvalue weighted by Gasteiger charge is -2.34. The Morgan fingerprint density at radius 2 is 1.41 bits per heavy atom. The molecule has 268 valence electrons. The summed E-state index contributed by atoms with van der Waals surface area (Å²) in [6.45, 7) is 5.83. The van der Waals surface area contributed by atoms with Gasteiger partial charge in [0.2, 0.25) is 17.7 Å². The molecule has 0 fully saturated rings. The Morgan fingerprint density at radius 1 is 0.804 bits per heavy atom. The number of rotatable bonds is 15. The second-order valence-electron chi connectivity index (χ2n) is 13.7. The van der Waals surface area contributed by atoms with Crippen molar-refractivity contribution < 1.29 is 23.2 Å². The van der Waals surface area contributed by atoms with Crippen LogP contribution in [0.2, 0.25) is 0 Å². The van der Waals surface area contributed by atoms with E-state index in [9.17, 15) is 23.2 Å². The molecule has 2 atom stereocenters. The Hall–Kier alpha value is -5.22. The van der Waals surface area contributed by atoms with E-state index in [-0.39, 0.29) is 25.3 Å². The maximum absolute atomic E-state index is 14.5. The van der Waals surface area contributed by atoms with Crippen molar-refractivity contribution in [2.75, 3.05) is 20.6 Å². The number of pyridine rings is 1. The molecule has 0 saturated heterocycles. The van der Waals surface area contributed by atoms with E-state index in [1.807, 2.05) is 87.5 Å². The molecular weight excluding hydrogens is 648 g/mol. The zero-order valence-corrected chi connectivity index (χ0v) is 29.9. The van der Waals surface area contributed by atoms with Gasteiger partial charge in [0.1, 0.15) is 12.1 Å². The molecule has 0 aliphatic rings. The summed E-state index contributed by atoms with van der Waals surface area (Å²) in [4.78, 5) is 48.7. The number of hydrogen-bond acceptors (Lipinski definition) is 5. The van der Waals surface area contributed by atoms with Crippen molar-refractivity contribution in [3.63, 3.8) is 0 Å². The molecule has 0 radical (unpaired) electrons. The summed E-state index contributed by atoms with van der Waals surface area (Å²) < 4.78 is 28.1. The highest BCUT2D eigenvalue weighted by Crippen LogP contribution is 2.22. The second kappa shape index (κ2) is 17.6. The van der Waals surface area contributed by atoms with Crippen LogP contribution < -0.4 is 11.1 Å². The van der Waals surface area contributed by atoms with E-state index in [2.05, 4.69) is 10.3 Å². The number of carbonyl (C=O) groups is 3. The molecule has 3 N–H and O–H groups in total. The van der Waals surface area contributed by atoms with Gasteiger partial charge in [0.15, 0.2) is 11.6 Å². The molecular formula is C41H47F2N5O3. The molecule has 3 amide bonds. The van der Waals surface area contributed by atoms with Crippen molar-refractivity contribution in [3.05, 3.63) is 137 Å². The van der Waals surface area contributed by atoms with Gasteiger partial charge < -0.3 is 20.9 Å². The molecule has 0 unspecified atom stereocenters. The van der Waals surface area contributed by atoms with Gasteiger partial charge in [-0.25, -0.2) is 8.78 Å². The van der Waals surface area contributed by atoms with Gasteiger partial charge in [-0.2, -0.15) is 0 Å². The fourth-order valence-electron chi connectivity index (χ4n) is 5.99. The molecule has 51 heavy (non-hydrogen) atoms. The highest BCUT2D eigenvalue weighted by atomic mass is 19.2. The SMILES string of the molecule is C/C(=C\C(=O)N(C)[C@H](Cc1ccc(-c2ccccc2)cc1)C(=O)N(C)[C@H](Cc1ccc(F)c(F)c1)C(=O)NCCc1ccncc1)CC(C)(C)N. The number of hydrogen-bond donors (Lipinski definition) is 2. The maximum Gasteiger partial charge on any atom is 0.246 e. The molecule has 3 aromatic carbocycles. The fraction of sp³-hybridized carbons (Fsp3) is 0.317. The fourth-order valence-corrected chi connectivity index (χ4v) is 5.99. The lowest BCUT2D eigenvalue weighted by molar-refractivity contribution is -0.146. The molecule has 0 bridgehead atoms. The number of nitrogens with zero attached hydrogens (tertiary/aromatic N) is 3. The molecule has 4 aromatic rings. The van der Waals surface area contributed by atoms with Crippen LogP contribution in [0.5, 0.6) is 0 Å².